The van der Waals surface area contributed by atoms with Crippen molar-refractivity contribution < 1.29 is 22.4 Å². The Morgan fingerprint density at radius 1 is 1.15 bits per heavy atom. The van der Waals surface area contributed by atoms with Gasteiger partial charge in [-0.1, -0.05) is 12.1 Å². The van der Waals surface area contributed by atoms with Crippen LogP contribution in [-0.4, -0.2) is 72.5 Å². The third-order valence-electron chi connectivity index (χ3n) is 6.96. The molecule has 0 bridgehead atoms. The van der Waals surface area contributed by atoms with E-state index < -0.39 is 22.2 Å². The summed E-state index contributed by atoms with van der Waals surface area (Å²) in [6.45, 7) is 3.10. The zero-order valence-electron chi connectivity index (χ0n) is 19.2. The van der Waals surface area contributed by atoms with Gasteiger partial charge < -0.3 is 10.2 Å². The normalized spacial score (nSPS) is 24.4. The molecule has 11 heteroatoms. The van der Waals surface area contributed by atoms with Gasteiger partial charge in [0.2, 0.25) is 11.8 Å². The van der Waals surface area contributed by atoms with Crippen molar-refractivity contribution in [3.05, 3.63) is 35.1 Å². The van der Waals surface area contributed by atoms with Crippen molar-refractivity contribution in [1.82, 2.24) is 18.8 Å². The van der Waals surface area contributed by atoms with Gasteiger partial charge in [-0.2, -0.15) is 22.3 Å². The molecule has 3 saturated heterocycles. The van der Waals surface area contributed by atoms with E-state index in [9.17, 15) is 22.4 Å². The summed E-state index contributed by atoms with van der Waals surface area (Å²) < 4.78 is 42.2. The lowest BCUT2D eigenvalue weighted by Gasteiger charge is -2.41. The average Bonchev–Trinajstić information content (AvgIpc) is 3.28. The Morgan fingerprint density at radius 2 is 1.88 bits per heavy atom. The highest BCUT2D eigenvalue weighted by Crippen LogP contribution is 2.29. The zero-order chi connectivity index (χ0) is 24.5. The largest absolute Gasteiger partial charge is 0.350 e. The standard InChI is InChI=1S/C23H30FN5O4S/c1-16-6-7-17(10-20(16)24)12-26-22(30)21-5-3-9-29(21)23(31)19-4-2-8-27(15-19)34(32,33)28-13-18(11-25)14-28/h6-7,10,18-19,21H,2-5,8-9,12-15H2,1H3,(H,26,30)/t19-,21+/m0/s1. The fraction of sp³-hybridized carbons (Fsp3) is 0.609. The van der Waals surface area contributed by atoms with E-state index in [1.807, 2.05) is 0 Å². The van der Waals surface area contributed by atoms with E-state index in [-0.39, 0.29) is 49.7 Å². The van der Waals surface area contributed by atoms with Gasteiger partial charge in [0.25, 0.3) is 10.2 Å². The molecule has 0 radical (unpaired) electrons. The van der Waals surface area contributed by atoms with Gasteiger partial charge in [0.15, 0.2) is 0 Å². The van der Waals surface area contributed by atoms with Crippen LogP contribution in [0.3, 0.4) is 0 Å². The minimum Gasteiger partial charge on any atom is -0.350 e. The van der Waals surface area contributed by atoms with Gasteiger partial charge in [-0.15, -0.1) is 0 Å². The van der Waals surface area contributed by atoms with Gasteiger partial charge >= 0.3 is 0 Å². The van der Waals surface area contributed by atoms with Gasteiger partial charge in [0, 0.05) is 39.3 Å². The number of amides is 2. The van der Waals surface area contributed by atoms with Crippen molar-refractivity contribution in [1.29, 1.82) is 5.26 Å². The minimum absolute atomic E-state index is 0.0857. The molecule has 1 aromatic rings. The summed E-state index contributed by atoms with van der Waals surface area (Å²) in [6, 6.07) is 6.26. The Labute approximate surface area is 199 Å². The summed E-state index contributed by atoms with van der Waals surface area (Å²) in [5.74, 6) is -1.59. The maximum absolute atomic E-state index is 13.8. The van der Waals surface area contributed by atoms with E-state index in [0.29, 0.717) is 49.9 Å². The van der Waals surface area contributed by atoms with Crippen LogP contribution in [0.2, 0.25) is 0 Å². The molecule has 4 rings (SSSR count). The number of nitrogens with one attached hydrogen (secondary N) is 1. The second-order valence-corrected chi connectivity index (χ2v) is 11.3. The van der Waals surface area contributed by atoms with E-state index in [2.05, 4.69) is 11.4 Å². The lowest BCUT2D eigenvalue weighted by molar-refractivity contribution is -0.142. The van der Waals surface area contributed by atoms with Crippen molar-refractivity contribution in [2.24, 2.45) is 11.8 Å². The maximum atomic E-state index is 13.8. The maximum Gasteiger partial charge on any atom is 0.282 e. The molecule has 3 aliphatic heterocycles. The molecule has 0 aliphatic carbocycles. The van der Waals surface area contributed by atoms with Crippen molar-refractivity contribution in [2.45, 2.75) is 45.2 Å². The molecule has 3 heterocycles. The first-order valence-electron chi connectivity index (χ1n) is 11.7. The van der Waals surface area contributed by atoms with Crippen molar-refractivity contribution in [2.75, 3.05) is 32.7 Å². The molecule has 1 aromatic carbocycles. The van der Waals surface area contributed by atoms with E-state index in [1.165, 1.54) is 14.7 Å². The first kappa shape index (κ1) is 24.6. The highest BCUT2D eigenvalue weighted by molar-refractivity contribution is 7.86. The molecule has 184 valence electrons. The summed E-state index contributed by atoms with van der Waals surface area (Å²) in [4.78, 5) is 27.7. The number of piperidine rings is 1. The number of carbonyl (C=O) groups excluding carboxylic acids is 2. The van der Waals surface area contributed by atoms with Crippen LogP contribution < -0.4 is 5.32 Å². The molecular weight excluding hydrogens is 461 g/mol. The molecule has 0 unspecified atom stereocenters. The molecular formula is C23H30FN5O4S. The van der Waals surface area contributed by atoms with Crippen LogP contribution in [0.4, 0.5) is 4.39 Å². The van der Waals surface area contributed by atoms with Crippen molar-refractivity contribution in [3.63, 3.8) is 0 Å². The van der Waals surface area contributed by atoms with Crippen LogP contribution in [0, 0.1) is 35.9 Å². The first-order valence-corrected chi connectivity index (χ1v) is 13.1. The topological polar surface area (TPSA) is 114 Å². The third kappa shape index (κ3) is 4.94. The van der Waals surface area contributed by atoms with Crippen molar-refractivity contribution >= 4 is 22.0 Å². The monoisotopic (exact) mass is 491 g/mol. The summed E-state index contributed by atoms with van der Waals surface area (Å²) >= 11 is 0. The van der Waals surface area contributed by atoms with Crippen LogP contribution in [-0.2, 0) is 26.3 Å². The lowest BCUT2D eigenvalue weighted by Crippen LogP contribution is -2.57. The first-order chi connectivity index (χ1) is 16.2. The number of rotatable bonds is 6. The number of nitriles is 1. The average molecular weight is 492 g/mol. The van der Waals surface area contributed by atoms with Gasteiger partial charge in [0.05, 0.1) is 17.9 Å². The predicted molar refractivity (Wildman–Crippen MR) is 122 cm³/mol. The Balaban J connectivity index is 1.36. The zero-order valence-corrected chi connectivity index (χ0v) is 20.1. The fourth-order valence-electron chi connectivity index (χ4n) is 4.82. The predicted octanol–water partition coefficient (Wildman–Crippen LogP) is 1.15. The van der Waals surface area contributed by atoms with E-state index in [1.54, 1.807) is 24.0 Å². The number of benzene rings is 1. The molecule has 1 N–H and O–H groups in total. The lowest BCUT2D eigenvalue weighted by atomic mass is 9.97. The minimum atomic E-state index is -3.70. The molecule has 34 heavy (non-hydrogen) atoms. The number of likely N-dealkylation sites (tertiary alicyclic amines) is 1. The number of hydrogen-bond acceptors (Lipinski definition) is 5. The Kier molecular flexibility index (Phi) is 7.21. The van der Waals surface area contributed by atoms with Crippen LogP contribution >= 0.6 is 0 Å². The second-order valence-electron chi connectivity index (χ2n) is 9.34. The van der Waals surface area contributed by atoms with E-state index in [0.717, 1.165) is 0 Å². The molecule has 9 nitrogen and oxygen atoms in total. The summed E-state index contributed by atoms with van der Waals surface area (Å²) in [7, 11) is -3.70. The van der Waals surface area contributed by atoms with Gasteiger partial charge in [-0.25, -0.2) is 4.39 Å². The summed E-state index contributed by atoms with van der Waals surface area (Å²) in [5, 5.41) is 11.7. The van der Waals surface area contributed by atoms with Crippen LogP contribution in [0.5, 0.6) is 0 Å². The van der Waals surface area contributed by atoms with Gasteiger partial charge in [-0.3, -0.25) is 9.59 Å². The van der Waals surface area contributed by atoms with Crippen molar-refractivity contribution in [3.8, 4) is 6.07 Å². The second kappa shape index (κ2) is 9.98. The SMILES string of the molecule is Cc1ccc(CNC(=O)[C@H]2CCCN2C(=O)[C@H]2CCCN(S(=O)(=O)N3CC(C#N)C3)C2)cc1F. The number of aryl methyl sites for hydroxylation is 1. The summed E-state index contributed by atoms with van der Waals surface area (Å²) in [6.07, 6.45) is 2.37. The fourth-order valence-corrected chi connectivity index (χ4v) is 6.61. The molecule has 2 amide bonds. The van der Waals surface area contributed by atoms with Gasteiger partial charge in [-0.05, 0) is 49.8 Å². The quantitative estimate of drug-likeness (QED) is 0.641. The molecule has 2 atom stereocenters. The smallest absolute Gasteiger partial charge is 0.282 e. The molecule has 0 saturated carbocycles. The Morgan fingerprint density at radius 3 is 2.59 bits per heavy atom. The van der Waals surface area contributed by atoms with E-state index in [4.69, 9.17) is 5.26 Å². The van der Waals surface area contributed by atoms with Crippen LogP contribution in [0.1, 0.15) is 36.8 Å². The number of carbonyl (C=O) groups is 2. The third-order valence-corrected chi connectivity index (χ3v) is 8.89. The van der Waals surface area contributed by atoms with E-state index >= 15 is 0 Å². The highest BCUT2D eigenvalue weighted by Gasteiger charge is 2.44. The van der Waals surface area contributed by atoms with Crippen LogP contribution in [0.15, 0.2) is 18.2 Å². The van der Waals surface area contributed by atoms with Gasteiger partial charge in [0.1, 0.15) is 11.9 Å². The number of hydrogen-bond donors (Lipinski definition) is 1. The molecule has 0 spiro atoms. The molecule has 0 aromatic heterocycles. The van der Waals surface area contributed by atoms with Crippen LogP contribution in [0.25, 0.3) is 0 Å². The molecule has 3 aliphatic rings. The number of nitrogens with zero attached hydrogens (tertiary/aromatic N) is 4. The number of halogens is 1. The molecule has 3 fully saturated rings. The Hall–Kier alpha value is -2.55. The highest BCUT2D eigenvalue weighted by atomic mass is 32.2. The Bertz CT molecular complexity index is 1100. The summed E-state index contributed by atoms with van der Waals surface area (Å²) in [5.41, 5.74) is 1.18.